The Morgan fingerprint density at radius 3 is 0.250 bits per heavy atom. The summed E-state index contributed by atoms with van der Waals surface area (Å²) in [5.74, 6) is 0. The van der Waals surface area contributed by atoms with Gasteiger partial charge in [-0.15, -0.1) is 0 Å². The maximum atomic E-state index is 2.22. The zero-order valence-electron chi connectivity index (χ0n) is 27.4. The molecular weight excluding hydrogens is 577 g/mol. The van der Waals surface area contributed by atoms with Crippen LogP contribution in [0.25, 0.3) is 77.9 Å². The molecule has 0 aromatic heterocycles. The molecule has 0 heterocycles. The molecule has 7 aromatic rings. The number of benzene rings is 7. The lowest BCUT2D eigenvalue weighted by Crippen LogP contribution is -1.85. The molecule has 14 bridgehead atoms. The molecule has 232 valence electrons. The van der Waals surface area contributed by atoms with Crippen LogP contribution in [0.2, 0.25) is 0 Å². The van der Waals surface area contributed by atoms with E-state index < -0.39 is 0 Å². The van der Waals surface area contributed by atoms with Gasteiger partial charge in [-0.25, -0.2) is 0 Å². The van der Waals surface area contributed by atoms with E-state index in [4.69, 9.17) is 0 Å². The topological polar surface area (TPSA) is 0 Å². The second-order valence-electron chi connectivity index (χ2n) is 13.2. The second kappa shape index (κ2) is 13.7. The summed E-state index contributed by atoms with van der Waals surface area (Å²) < 4.78 is 0. The molecule has 0 heteroatoms. The van der Waals surface area contributed by atoms with Gasteiger partial charge in [-0.05, 0) is 77.9 Å². The molecule has 0 amide bonds. The second-order valence-corrected chi connectivity index (χ2v) is 13.2. The summed E-state index contributed by atoms with van der Waals surface area (Å²) in [6, 6.07) is 62.2. The molecule has 0 atom stereocenters. The van der Waals surface area contributed by atoms with Crippen LogP contribution in [0.1, 0.15) is 38.5 Å². The van der Waals surface area contributed by atoms with Gasteiger partial charge in [0.15, 0.2) is 0 Å². The minimum absolute atomic E-state index is 1.23. The van der Waals surface area contributed by atoms with Crippen molar-refractivity contribution in [2.24, 2.45) is 0 Å². The predicted octanol–water partition coefficient (Wildman–Crippen LogP) is 14.0. The average molecular weight is 617 g/mol. The monoisotopic (exact) mass is 616 g/mol. The number of rotatable bonds is 0. The summed E-state index contributed by atoms with van der Waals surface area (Å²) in [5, 5.41) is 0. The zero-order chi connectivity index (χ0) is 32.1. The van der Waals surface area contributed by atoms with Gasteiger partial charge in [0.2, 0.25) is 0 Å². The van der Waals surface area contributed by atoms with E-state index in [1.54, 1.807) is 0 Å². The molecular formula is C48H40. The lowest BCUT2D eigenvalue weighted by Gasteiger charge is -2.10. The number of hydrogen-bond acceptors (Lipinski definition) is 0. The summed E-state index contributed by atoms with van der Waals surface area (Å²) in [6.07, 6.45) is 9.00. The molecule has 0 nitrogen and oxygen atoms in total. The maximum Gasteiger partial charge on any atom is -0.0184 e. The van der Waals surface area contributed by atoms with Gasteiger partial charge in [0.1, 0.15) is 0 Å². The van der Waals surface area contributed by atoms with Gasteiger partial charge in [-0.3, -0.25) is 0 Å². The van der Waals surface area contributed by atoms with Gasteiger partial charge in [0, 0.05) is 0 Å². The number of hydrogen-bond donors (Lipinski definition) is 0. The van der Waals surface area contributed by atoms with Gasteiger partial charge in [-0.1, -0.05) is 208 Å². The Hall–Kier alpha value is -5.46. The minimum atomic E-state index is 1.23. The third-order valence-electron chi connectivity index (χ3n) is 10.0. The molecule has 7 aromatic carbocycles. The molecule has 27 rings (SSSR count). The van der Waals surface area contributed by atoms with Gasteiger partial charge >= 0.3 is 0 Å². The highest BCUT2D eigenvalue weighted by molar-refractivity contribution is 5.78. The molecule has 48 heavy (non-hydrogen) atoms. The van der Waals surface area contributed by atoms with Crippen molar-refractivity contribution in [2.45, 2.75) is 38.5 Å². The van der Waals surface area contributed by atoms with E-state index >= 15 is 0 Å². The van der Waals surface area contributed by atoms with Crippen LogP contribution in [0.3, 0.4) is 0 Å². The molecule has 0 aliphatic heterocycles. The SMILES string of the molecule is C1CCCCC1.c1cc2ccc1-c1ccc(cc1)-c1ccc(cc1)-c1ccc(cc1)-c1ccc(cc1)-c1ccc(cc1)-c1ccc-2cc1. The Labute approximate surface area is 285 Å². The molecule has 20 aliphatic rings. The van der Waals surface area contributed by atoms with Crippen molar-refractivity contribution in [2.75, 3.05) is 0 Å². The van der Waals surface area contributed by atoms with E-state index in [1.807, 2.05) is 0 Å². The van der Waals surface area contributed by atoms with Crippen LogP contribution >= 0.6 is 0 Å². The summed E-state index contributed by atoms with van der Waals surface area (Å²) in [5.41, 5.74) is 17.2. The molecule has 0 radical (unpaired) electrons. The quantitative estimate of drug-likeness (QED) is 0.159. The summed E-state index contributed by atoms with van der Waals surface area (Å²) in [7, 11) is 0. The fraction of sp³-hybridized carbons (Fsp3) is 0.125. The Morgan fingerprint density at radius 2 is 0.188 bits per heavy atom. The van der Waals surface area contributed by atoms with Gasteiger partial charge in [0.05, 0.1) is 0 Å². The molecule has 1 fully saturated rings. The average Bonchev–Trinajstić information content (AvgIpc) is 3.19. The van der Waals surface area contributed by atoms with E-state index in [1.165, 1.54) is 116 Å². The molecule has 1 saturated carbocycles. The van der Waals surface area contributed by atoms with Crippen LogP contribution in [-0.4, -0.2) is 0 Å². The van der Waals surface area contributed by atoms with Crippen molar-refractivity contribution in [3.05, 3.63) is 170 Å². The summed E-state index contributed by atoms with van der Waals surface area (Å²) in [4.78, 5) is 0. The molecule has 0 spiro atoms. The standard InChI is InChI=1S/C42H28.C6H12/c1-2-30-4-3-29(1)31-5-7-33(8-6-31)35-13-15-37(16-14-35)39-21-23-41(24-22-39)42-27-25-40(26-28-42)38-19-17-36(18-20-38)34-11-9-32(30)10-12-34;1-2-4-6-5-3-1/h1-28H;1-6H2. The van der Waals surface area contributed by atoms with Crippen LogP contribution in [-0.2, 0) is 0 Å². The predicted molar refractivity (Wildman–Crippen MR) is 206 cm³/mol. The first-order valence-electron chi connectivity index (χ1n) is 17.5. The zero-order valence-corrected chi connectivity index (χ0v) is 27.4. The normalized spacial score (nSPS) is 12.9. The van der Waals surface area contributed by atoms with E-state index in [-0.39, 0.29) is 0 Å². The summed E-state index contributed by atoms with van der Waals surface area (Å²) >= 11 is 0. The fourth-order valence-corrected chi connectivity index (χ4v) is 7.05. The summed E-state index contributed by atoms with van der Waals surface area (Å²) in [6.45, 7) is 0. The first-order chi connectivity index (χ1) is 23.8. The van der Waals surface area contributed by atoms with E-state index in [9.17, 15) is 0 Å². The van der Waals surface area contributed by atoms with Crippen LogP contribution in [0, 0.1) is 0 Å². The highest BCUT2D eigenvalue weighted by Gasteiger charge is 2.07. The van der Waals surface area contributed by atoms with Crippen molar-refractivity contribution in [3.63, 3.8) is 0 Å². The van der Waals surface area contributed by atoms with Crippen LogP contribution < -0.4 is 0 Å². The first-order valence-corrected chi connectivity index (χ1v) is 17.5. The third-order valence-corrected chi connectivity index (χ3v) is 10.0. The van der Waals surface area contributed by atoms with Crippen molar-refractivity contribution < 1.29 is 0 Å². The maximum absolute atomic E-state index is 2.22. The van der Waals surface area contributed by atoms with Crippen LogP contribution in [0.4, 0.5) is 0 Å². The van der Waals surface area contributed by atoms with E-state index in [0.717, 1.165) is 0 Å². The van der Waals surface area contributed by atoms with E-state index in [0.29, 0.717) is 0 Å². The Balaban J connectivity index is 0.000000508. The van der Waals surface area contributed by atoms with Gasteiger partial charge in [0.25, 0.3) is 0 Å². The van der Waals surface area contributed by atoms with Crippen LogP contribution in [0.5, 0.6) is 0 Å². The van der Waals surface area contributed by atoms with Crippen molar-refractivity contribution in [1.29, 1.82) is 0 Å². The highest BCUT2D eigenvalue weighted by Crippen LogP contribution is 2.32. The minimum Gasteiger partial charge on any atom is -0.0538 e. The molecule has 0 N–H and O–H groups in total. The lowest BCUT2D eigenvalue weighted by molar-refractivity contribution is 0.504. The molecule has 20 aliphatic carbocycles. The van der Waals surface area contributed by atoms with Crippen LogP contribution in [0.15, 0.2) is 170 Å². The third kappa shape index (κ3) is 6.53. The largest absolute Gasteiger partial charge is 0.0538 e. The Bertz CT molecular complexity index is 1490. The molecule has 0 saturated heterocycles. The van der Waals surface area contributed by atoms with Crippen molar-refractivity contribution in [1.82, 2.24) is 0 Å². The van der Waals surface area contributed by atoms with Crippen molar-refractivity contribution >= 4 is 0 Å². The Morgan fingerprint density at radius 1 is 0.125 bits per heavy atom. The fourth-order valence-electron chi connectivity index (χ4n) is 7.05. The molecule has 0 unspecified atom stereocenters. The lowest BCUT2D eigenvalue weighted by atomic mass is 9.95. The smallest absolute Gasteiger partial charge is 0.0184 e. The van der Waals surface area contributed by atoms with Crippen molar-refractivity contribution in [3.8, 4) is 77.9 Å². The Kier molecular flexibility index (Phi) is 8.55. The highest BCUT2D eigenvalue weighted by atomic mass is 14.1. The van der Waals surface area contributed by atoms with Gasteiger partial charge in [-0.2, -0.15) is 0 Å². The van der Waals surface area contributed by atoms with Gasteiger partial charge < -0.3 is 0 Å². The first kappa shape index (κ1) is 29.9. The van der Waals surface area contributed by atoms with E-state index in [2.05, 4.69) is 170 Å².